The van der Waals surface area contributed by atoms with Gasteiger partial charge in [0.05, 0.1) is 0 Å². The summed E-state index contributed by atoms with van der Waals surface area (Å²) in [6.45, 7) is 19.1. The molecule has 0 amide bonds. The van der Waals surface area contributed by atoms with Crippen LogP contribution in [0.15, 0.2) is 12.1 Å². The van der Waals surface area contributed by atoms with Gasteiger partial charge in [-0.25, -0.2) is 0 Å². The zero-order valence-electron chi connectivity index (χ0n) is 14.1. The van der Waals surface area contributed by atoms with Crippen molar-refractivity contribution < 1.29 is 0 Å². The highest BCUT2D eigenvalue weighted by Crippen LogP contribution is 2.31. The van der Waals surface area contributed by atoms with Gasteiger partial charge in [-0.1, -0.05) is 26.0 Å². The fourth-order valence-corrected chi connectivity index (χ4v) is 2.57. The Morgan fingerprint density at radius 1 is 0.842 bits per heavy atom. The first-order valence-electron chi connectivity index (χ1n) is 7.36. The molecule has 0 heterocycles. The van der Waals surface area contributed by atoms with E-state index in [1.807, 2.05) is 0 Å². The number of benzene rings is 1. The van der Waals surface area contributed by atoms with Crippen LogP contribution in [-0.2, 0) is 5.41 Å². The summed E-state index contributed by atoms with van der Waals surface area (Å²) in [5, 5.41) is 3.59. The fraction of sp³-hybridized carbons (Fsp3) is 0.667. The van der Waals surface area contributed by atoms with Crippen LogP contribution >= 0.6 is 0 Å². The van der Waals surface area contributed by atoms with E-state index in [0.29, 0.717) is 0 Å². The number of hydrogen-bond donors (Lipinski definition) is 1. The van der Waals surface area contributed by atoms with Crippen molar-refractivity contribution in [1.82, 2.24) is 5.32 Å². The summed E-state index contributed by atoms with van der Waals surface area (Å²) in [6, 6.07) is 4.70. The van der Waals surface area contributed by atoms with Crippen molar-refractivity contribution in [1.29, 1.82) is 0 Å². The molecule has 0 aliphatic carbocycles. The van der Waals surface area contributed by atoms with Gasteiger partial charge in [0, 0.05) is 5.54 Å². The predicted octanol–water partition coefficient (Wildman–Crippen LogP) is 4.67. The van der Waals surface area contributed by atoms with E-state index >= 15 is 0 Å². The maximum absolute atomic E-state index is 3.59. The molecular weight excluding hydrogens is 230 g/mol. The van der Waals surface area contributed by atoms with E-state index in [2.05, 4.69) is 72.8 Å². The summed E-state index contributed by atoms with van der Waals surface area (Å²) in [5.41, 5.74) is 6.13. The standard InChI is InChI=1S/C18H31N/c1-13-11-15(3)16(12-14(13)2)18(7,8)9-10-19-17(4,5)6/h11-12,19H,9-10H2,1-8H3. The fourth-order valence-electron chi connectivity index (χ4n) is 2.57. The quantitative estimate of drug-likeness (QED) is 0.830. The zero-order valence-corrected chi connectivity index (χ0v) is 14.1. The number of aryl methyl sites for hydroxylation is 3. The largest absolute Gasteiger partial charge is 0.312 e. The molecule has 0 fully saturated rings. The second kappa shape index (κ2) is 5.66. The summed E-state index contributed by atoms with van der Waals surface area (Å²) >= 11 is 0. The minimum Gasteiger partial charge on any atom is -0.312 e. The molecule has 0 spiro atoms. The lowest BCUT2D eigenvalue weighted by Gasteiger charge is -2.30. The van der Waals surface area contributed by atoms with E-state index in [-0.39, 0.29) is 11.0 Å². The van der Waals surface area contributed by atoms with Gasteiger partial charge in [0.1, 0.15) is 0 Å². The smallest absolute Gasteiger partial charge is 0.00965 e. The first kappa shape index (κ1) is 16.2. The van der Waals surface area contributed by atoms with Gasteiger partial charge in [-0.2, -0.15) is 0 Å². The third kappa shape index (κ3) is 4.65. The second-order valence-electron chi connectivity index (χ2n) is 7.56. The maximum atomic E-state index is 3.59. The van der Waals surface area contributed by atoms with Crippen LogP contribution in [0.25, 0.3) is 0 Å². The van der Waals surface area contributed by atoms with Gasteiger partial charge < -0.3 is 5.32 Å². The molecule has 0 aliphatic heterocycles. The molecular formula is C18H31N. The number of rotatable bonds is 4. The van der Waals surface area contributed by atoms with E-state index in [0.717, 1.165) is 13.0 Å². The molecule has 0 aromatic heterocycles. The predicted molar refractivity (Wildman–Crippen MR) is 86.1 cm³/mol. The lowest BCUT2D eigenvalue weighted by Crippen LogP contribution is -2.38. The molecule has 1 aromatic rings. The molecule has 0 bridgehead atoms. The maximum Gasteiger partial charge on any atom is 0.00965 e. The minimum atomic E-state index is 0.203. The number of hydrogen-bond acceptors (Lipinski definition) is 1. The van der Waals surface area contributed by atoms with Gasteiger partial charge in [-0.05, 0) is 82.2 Å². The molecule has 0 radical (unpaired) electrons. The lowest BCUT2D eigenvalue weighted by atomic mass is 9.78. The van der Waals surface area contributed by atoms with Crippen molar-refractivity contribution >= 4 is 0 Å². The van der Waals surface area contributed by atoms with E-state index in [1.165, 1.54) is 22.3 Å². The van der Waals surface area contributed by atoms with E-state index in [1.54, 1.807) is 0 Å². The average Bonchev–Trinajstić information content (AvgIpc) is 2.20. The molecule has 1 nitrogen and oxygen atoms in total. The van der Waals surface area contributed by atoms with Crippen molar-refractivity contribution in [2.75, 3.05) is 6.54 Å². The Bertz CT molecular complexity index is 436. The van der Waals surface area contributed by atoms with Crippen molar-refractivity contribution in [2.24, 2.45) is 0 Å². The first-order chi connectivity index (χ1) is 8.53. The Morgan fingerprint density at radius 3 is 1.89 bits per heavy atom. The minimum absolute atomic E-state index is 0.203. The van der Waals surface area contributed by atoms with Crippen molar-refractivity contribution in [3.63, 3.8) is 0 Å². The average molecular weight is 261 g/mol. The summed E-state index contributed by atoms with van der Waals surface area (Å²) in [5.74, 6) is 0. The molecule has 108 valence electrons. The van der Waals surface area contributed by atoms with Crippen molar-refractivity contribution in [3.05, 3.63) is 34.4 Å². The molecule has 19 heavy (non-hydrogen) atoms. The molecule has 0 saturated carbocycles. The van der Waals surface area contributed by atoms with Crippen molar-refractivity contribution in [3.8, 4) is 0 Å². The van der Waals surface area contributed by atoms with Gasteiger partial charge in [-0.3, -0.25) is 0 Å². The summed E-state index contributed by atoms with van der Waals surface area (Å²) in [4.78, 5) is 0. The Labute approximate surface area is 119 Å². The van der Waals surface area contributed by atoms with Crippen LogP contribution in [0.2, 0.25) is 0 Å². The molecule has 1 heteroatoms. The highest BCUT2D eigenvalue weighted by atomic mass is 14.9. The monoisotopic (exact) mass is 261 g/mol. The van der Waals surface area contributed by atoms with E-state index in [9.17, 15) is 0 Å². The molecule has 0 atom stereocenters. The lowest BCUT2D eigenvalue weighted by molar-refractivity contribution is 0.378. The van der Waals surface area contributed by atoms with Crippen LogP contribution in [-0.4, -0.2) is 12.1 Å². The highest BCUT2D eigenvalue weighted by molar-refractivity contribution is 5.40. The normalized spacial score (nSPS) is 12.8. The molecule has 0 saturated heterocycles. The van der Waals surface area contributed by atoms with Crippen LogP contribution in [0, 0.1) is 20.8 Å². The van der Waals surface area contributed by atoms with Crippen LogP contribution in [0.1, 0.15) is 63.3 Å². The van der Waals surface area contributed by atoms with Crippen LogP contribution in [0.4, 0.5) is 0 Å². The summed E-state index contributed by atoms with van der Waals surface area (Å²) in [6.07, 6.45) is 1.16. The molecule has 1 rings (SSSR count). The van der Waals surface area contributed by atoms with E-state index in [4.69, 9.17) is 0 Å². The Balaban J connectivity index is 2.85. The summed E-state index contributed by atoms with van der Waals surface area (Å²) in [7, 11) is 0. The van der Waals surface area contributed by atoms with Gasteiger partial charge in [-0.15, -0.1) is 0 Å². The Kier molecular flexibility index (Phi) is 4.84. The topological polar surface area (TPSA) is 12.0 Å². The molecule has 1 aromatic carbocycles. The van der Waals surface area contributed by atoms with Gasteiger partial charge in [0.15, 0.2) is 0 Å². The van der Waals surface area contributed by atoms with Gasteiger partial charge in [0.25, 0.3) is 0 Å². The second-order valence-corrected chi connectivity index (χ2v) is 7.56. The SMILES string of the molecule is Cc1cc(C)c(C(C)(C)CCNC(C)(C)C)cc1C. The zero-order chi connectivity index (χ0) is 14.8. The van der Waals surface area contributed by atoms with Crippen molar-refractivity contribution in [2.45, 2.75) is 72.8 Å². The Morgan fingerprint density at radius 2 is 1.37 bits per heavy atom. The highest BCUT2D eigenvalue weighted by Gasteiger charge is 2.23. The van der Waals surface area contributed by atoms with Crippen LogP contribution < -0.4 is 5.32 Å². The molecule has 0 aliphatic rings. The van der Waals surface area contributed by atoms with E-state index < -0.39 is 0 Å². The summed E-state index contributed by atoms with van der Waals surface area (Å²) < 4.78 is 0. The van der Waals surface area contributed by atoms with Crippen LogP contribution in [0.3, 0.4) is 0 Å². The third-order valence-corrected chi connectivity index (χ3v) is 3.98. The molecule has 0 unspecified atom stereocenters. The van der Waals surface area contributed by atoms with Gasteiger partial charge >= 0.3 is 0 Å². The molecule has 1 N–H and O–H groups in total. The Hall–Kier alpha value is -0.820. The van der Waals surface area contributed by atoms with Crippen LogP contribution in [0.5, 0.6) is 0 Å². The van der Waals surface area contributed by atoms with Gasteiger partial charge in [0.2, 0.25) is 0 Å². The third-order valence-electron chi connectivity index (χ3n) is 3.98. The first-order valence-corrected chi connectivity index (χ1v) is 7.36. The number of nitrogens with one attached hydrogen (secondary N) is 1.